The van der Waals surface area contributed by atoms with Crippen LogP contribution in [0.5, 0.6) is 0 Å². The number of rotatable bonds is 4. The zero-order chi connectivity index (χ0) is 34.9. The van der Waals surface area contributed by atoms with Crippen molar-refractivity contribution >= 4 is 51.2 Å². The van der Waals surface area contributed by atoms with E-state index in [9.17, 15) is 0 Å². The molecule has 11 rings (SSSR count). The molecule has 2 nitrogen and oxygen atoms in total. The van der Waals surface area contributed by atoms with Gasteiger partial charge < -0.3 is 9.32 Å². The average Bonchev–Trinajstić information content (AvgIpc) is 3.69. The third-order valence-electron chi connectivity index (χ3n) is 11.3. The number of hydrogen-bond acceptors (Lipinski definition) is 2. The fourth-order valence-corrected chi connectivity index (χ4v) is 9.09. The van der Waals surface area contributed by atoms with Crippen LogP contribution in [0.3, 0.4) is 0 Å². The Kier molecular flexibility index (Phi) is 6.50. The molecular formula is C51H33NO. The van der Waals surface area contributed by atoms with E-state index in [4.69, 9.17) is 4.42 Å². The summed E-state index contributed by atoms with van der Waals surface area (Å²) in [5.74, 6) is 0. The van der Waals surface area contributed by atoms with Crippen molar-refractivity contribution < 1.29 is 4.42 Å². The highest BCUT2D eigenvalue weighted by Gasteiger charge is 2.48. The van der Waals surface area contributed by atoms with E-state index in [1.54, 1.807) is 0 Å². The molecule has 0 unspecified atom stereocenters. The summed E-state index contributed by atoms with van der Waals surface area (Å²) in [5, 5.41) is 2.22. The maximum atomic E-state index is 6.30. The van der Waals surface area contributed by atoms with Crippen molar-refractivity contribution in [1.29, 1.82) is 0 Å². The Labute approximate surface area is 308 Å². The van der Waals surface area contributed by atoms with Crippen molar-refractivity contribution in [1.82, 2.24) is 0 Å². The van der Waals surface area contributed by atoms with Crippen molar-refractivity contribution in [2.24, 2.45) is 0 Å². The Balaban J connectivity index is 1.20. The van der Waals surface area contributed by atoms with Crippen molar-refractivity contribution in [3.8, 4) is 22.3 Å². The number of para-hydroxylation sites is 2. The van der Waals surface area contributed by atoms with E-state index in [1.807, 2.05) is 12.1 Å². The van der Waals surface area contributed by atoms with Gasteiger partial charge in [0.15, 0.2) is 0 Å². The second-order valence-electron chi connectivity index (χ2n) is 14.0. The summed E-state index contributed by atoms with van der Waals surface area (Å²) in [7, 11) is 0. The molecule has 53 heavy (non-hydrogen) atoms. The maximum Gasteiger partial charge on any atom is 0.135 e. The lowest BCUT2D eigenvalue weighted by atomic mass is 9.66. The highest BCUT2D eigenvalue weighted by atomic mass is 16.3. The third-order valence-corrected chi connectivity index (χ3v) is 11.3. The molecule has 2 aliphatic rings. The molecule has 0 atom stereocenters. The molecule has 0 fully saturated rings. The van der Waals surface area contributed by atoms with E-state index >= 15 is 0 Å². The minimum atomic E-state index is -0.470. The predicted octanol–water partition coefficient (Wildman–Crippen LogP) is 13.6. The maximum absolute atomic E-state index is 6.30. The van der Waals surface area contributed by atoms with Gasteiger partial charge in [-0.2, -0.15) is 0 Å². The zero-order valence-corrected chi connectivity index (χ0v) is 28.9. The molecule has 2 aliphatic carbocycles. The Bertz CT molecular complexity index is 2860. The number of furan rings is 1. The number of hydrogen-bond donors (Lipinski definition) is 0. The summed E-state index contributed by atoms with van der Waals surface area (Å²) in [5.41, 5.74) is 17.2. The molecule has 0 N–H and O–H groups in total. The first-order chi connectivity index (χ1) is 26.3. The average molecular weight is 676 g/mol. The molecule has 0 saturated heterocycles. The van der Waals surface area contributed by atoms with Crippen molar-refractivity contribution in [2.75, 3.05) is 4.90 Å². The molecule has 1 aromatic heterocycles. The van der Waals surface area contributed by atoms with Crippen molar-refractivity contribution in [2.45, 2.75) is 5.41 Å². The fraction of sp³-hybridized carbons (Fsp3) is 0.0196. The number of nitrogens with zero attached hydrogens (tertiary/aromatic N) is 1. The van der Waals surface area contributed by atoms with Crippen LogP contribution >= 0.6 is 0 Å². The van der Waals surface area contributed by atoms with Crippen LogP contribution in [0, 0.1) is 0 Å². The Morgan fingerprint density at radius 2 is 0.943 bits per heavy atom. The highest BCUT2D eigenvalue weighted by molar-refractivity contribution is 6.07. The van der Waals surface area contributed by atoms with E-state index in [2.05, 4.69) is 193 Å². The van der Waals surface area contributed by atoms with E-state index in [0.29, 0.717) is 0 Å². The molecule has 1 heterocycles. The van der Waals surface area contributed by atoms with Gasteiger partial charge in [-0.1, -0.05) is 158 Å². The van der Waals surface area contributed by atoms with Crippen LogP contribution in [0.25, 0.3) is 56.3 Å². The smallest absolute Gasteiger partial charge is 0.135 e. The minimum Gasteiger partial charge on any atom is -0.456 e. The summed E-state index contributed by atoms with van der Waals surface area (Å²) in [4.78, 5) is 2.42. The Morgan fingerprint density at radius 1 is 0.377 bits per heavy atom. The van der Waals surface area contributed by atoms with Crippen LogP contribution < -0.4 is 4.90 Å². The standard InChI is InChI=1S/C51H33NO/c1-2-14-34(15-3-1)39-18-7-12-24-48(39)52(38-29-31-50-43(33-38)41-20-8-13-25-49(41)53-50)37-28-30-47-42(32-37)40-19-6-11-23-46(40)51(47)44-21-9-4-16-35(44)26-27-36-17-5-10-22-45(36)51/h1-33H. The third kappa shape index (κ3) is 4.33. The first-order valence-corrected chi connectivity index (χ1v) is 18.3. The molecular weight excluding hydrogens is 643 g/mol. The van der Waals surface area contributed by atoms with Crippen LogP contribution in [0.4, 0.5) is 17.1 Å². The van der Waals surface area contributed by atoms with Crippen molar-refractivity contribution in [3.63, 3.8) is 0 Å². The molecule has 1 spiro atoms. The second kappa shape index (κ2) is 11.6. The van der Waals surface area contributed by atoms with Crippen LogP contribution in [0.15, 0.2) is 192 Å². The van der Waals surface area contributed by atoms with Crippen LogP contribution in [0.2, 0.25) is 0 Å². The molecule has 0 amide bonds. The summed E-state index contributed by atoms with van der Waals surface area (Å²) >= 11 is 0. The van der Waals surface area contributed by atoms with Gasteiger partial charge in [0.05, 0.1) is 11.1 Å². The van der Waals surface area contributed by atoms with Crippen LogP contribution in [-0.2, 0) is 5.41 Å². The Hall–Kier alpha value is -6.90. The van der Waals surface area contributed by atoms with E-state index in [0.717, 1.165) is 39.0 Å². The largest absolute Gasteiger partial charge is 0.456 e. The zero-order valence-electron chi connectivity index (χ0n) is 28.9. The summed E-state index contributed by atoms with van der Waals surface area (Å²) in [6, 6.07) is 68.4. The monoisotopic (exact) mass is 675 g/mol. The molecule has 248 valence electrons. The van der Waals surface area contributed by atoms with Gasteiger partial charge in [0.25, 0.3) is 0 Å². The molecule has 0 aliphatic heterocycles. The second-order valence-corrected chi connectivity index (χ2v) is 14.0. The molecule has 2 heteroatoms. The van der Waals surface area contributed by atoms with E-state index in [-0.39, 0.29) is 0 Å². The van der Waals surface area contributed by atoms with Crippen LogP contribution in [0.1, 0.15) is 33.4 Å². The lowest BCUT2D eigenvalue weighted by Crippen LogP contribution is -2.29. The van der Waals surface area contributed by atoms with Crippen molar-refractivity contribution in [3.05, 3.63) is 221 Å². The van der Waals surface area contributed by atoms with Gasteiger partial charge in [-0.05, 0) is 92.5 Å². The quantitative estimate of drug-likeness (QED) is 0.185. The topological polar surface area (TPSA) is 16.4 Å². The molecule has 0 saturated carbocycles. The lowest BCUT2D eigenvalue weighted by Gasteiger charge is -2.35. The van der Waals surface area contributed by atoms with E-state index in [1.165, 1.54) is 55.6 Å². The van der Waals surface area contributed by atoms with Gasteiger partial charge >= 0.3 is 0 Å². The summed E-state index contributed by atoms with van der Waals surface area (Å²) < 4.78 is 6.30. The Morgan fingerprint density at radius 3 is 1.74 bits per heavy atom. The lowest BCUT2D eigenvalue weighted by molar-refractivity contribution is 0.669. The van der Waals surface area contributed by atoms with E-state index < -0.39 is 5.41 Å². The molecule has 8 aromatic carbocycles. The minimum absolute atomic E-state index is 0.470. The van der Waals surface area contributed by atoms with Gasteiger partial charge in [0, 0.05) is 27.7 Å². The summed E-state index contributed by atoms with van der Waals surface area (Å²) in [6.07, 6.45) is 4.58. The van der Waals surface area contributed by atoms with Gasteiger partial charge in [-0.15, -0.1) is 0 Å². The van der Waals surface area contributed by atoms with Gasteiger partial charge in [-0.3, -0.25) is 0 Å². The first-order valence-electron chi connectivity index (χ1n) is 18.3. The molecule has 0 bridgehead atoms. The number of anilines is 3. The van der Waals surface area contributed by atoms with Crippen LogP contribution in [-0.4, -0.2) is 0 Å². The fourth-order valence-electron chi connectivity index (χ4n) is 9.09. The highest BCUT2D eigenvalue weighted by Crippen LogP contribution is 2.59. The SMILES string of the molecule is C1=Cc2ccccc2C2(c3ccccc31)c1ccccc1-c1cc(N(c3ccc4oc5ccccc5c4c3)c3ccccc3-c3ccccc3)ccc12. The summed E-state index contributed by atoms with van der Waals surface area (Å²) in [6.45, 7) is 0. The predicted molar refractivity (Wildman–Crippen MR) is 220 cm³/mol. The van der Waals surface area contributed by atoms with Gasteiger partial charge in [0.1, 0.15) is 11.2 Å². The molecule has 9 aromatic rings. The van der Waals surface area contributed by atoms with Gasteiger partial charge in [0.2, 0.25) is 0 Å². The number of benzene rings is 8. The normalized spacial score (nSPS) is 13.4. The number of fused-ring (bicyclic) bond motifs is 12. The van der Waals surface area contributed by atoms with Gasteiger partial charge in [-0.25, -0.2) is 0 Å². The molecule has 0 radical (unpaired) electrons. The first kappa shape index (κ1) is 29.8.